The highest BCUT2D eigenvalue weighted by Gasteiger charge is 2.33. The van der Waals surface area contributed by atoms with E-state index < -0.39 is 27.4 Å². The van der Waals surface area contributed by atoms with Gasteiger partial charge in [0.2, 0.25) is 0 Å². The highest BCUT2D eigenvalue weighted by molar-refractivity contribution is 7.91. The highest BCUT2D eigenvalue weighted by Crippen LogP contribution is 2.22. The monoisotopic (exact) mass is 317 g/mol. The molecule has 2 N–H and O–H groups in total. The van der Waals surface area contributed by atoms with Gasteiger partial charge in [0, 0.05) is 12.6 Å². The highest BCUT2D eigenvalue weighted by atomic mass is 32.2. The third-order valence-electron chi connectivity index (χ3n) is 3.46. The Balaban J connectivity index is 2.16. The molecule has 21 heavy (non-hydrogen) atoms. The predicted octanol–water partition coefficient (Wildman–Crippen LogP) is 0.605. The molecular weight excluding hydrogens is 301 g/mol. The van der Waals surface area contributed by atoms with E-state index in [0.717, 1.165) is 6.07 Å². The van der Waals surface area contributed by atoms with E-state index in [1.807, 2.05) is 0 Å². The van der Waals surface area contributed by atoms with Crippen molar-refractivity contribution in [3.8, 4) is 5.75 Å². The first-order chi connectivity index (χ1) is 9.77. The Bertz CT molecular complexity index is 646. The van der Waals surface area contributed by atoms with E-state index in [1.165, 1.54) is 17.0 Å². The minimum atomic E-state index is -3.13. The number of halogens is 1. The molecular formula is C13H16FNO5S. The lowest BCUT2D eigenvalue weighted by Crippen LogP contribution is -2.39. The van der Waals surface area contributed by atoms with Crippen LogP contribution in [-0.2, 0) is 21.2 Å². The van der Waals surface area contributed by atoms with E-state index in [1.54, 1.807) is 0 Å². The molecule has 1 unspecified atom stereocenters. The molecule has 8 heteroatoms. The molecule has 1 aromatic carbocycles. The molecule has 0 spiro atoms. The van der Waals surface area contributed by atoms with Crippen LogP contribution in [0.1, 0.15) is 12.0 Å². The first-order valence-electron chi connectivity index (χ1n) is 6.40. The fraction of sp³-hybridized carbons (Fsp3) is 0.462. The lowest BCUT2D eigenvalue weighted by Gasteiger charge is -2.26. The summed E-state index contributed by atoms with van der Waals surface area (Å²) in [4.78, 5) is 12.4. The number of hydrogen-bond donors (Lipinski definition) is 2. The number of benzene rings is 1. The van der Waals surface area contributed by atoms with Crippen molar-refractivity contribution >= 4 is 15.8 Å². The third-order valence-corrected chi connectivity index (χ3v) is 5.21. The molecule has 116 valence electrons. The maximum Gasteiger partial charge on any atom is 0.317 e. The summed E-state index contributed by atoms with van der Waals surface area (Å²) < 4.78 is 36.3. The van der Waals surface area contributed by atoms with Crippen LogP contribution in [0.15, 0.2) is 18.2 Å². The number of phenolic OH excluding ortho intramolecular Hbond substituents is 1. The topological polar surface area (TPSA) is 94.9 Å². The van der Waals surface area contributed by atoms with Crippen molar-refractivity contribution in [3.05, 3.63) is 29.6 Å². The second-order valence-electron chi connectivity index (χ2n) is 5.14. The SMILES string of the molecule is O=C(O)CN(Cc1ccc(O)c(F)c1)C1CCS(=O)(=O)C1. The van der Waals surface area contributed by atoms with Crippen LogP contribution in [0.2, 0.25) is 0 Å². The molecule has 1 aliphatic rings. The maximum atomic E-state index is 13.3. The summed E-state index contributed by atoms with van der Waals surface area (Å²) in [5.74, 6) is -2.38. The van der Waals surface area contributed by atoms with Gasteiger partial charge >= 0.3 is 5.97 Å². The van der Waals surface area contributed by atoms with E-state index >= 15 is 0 Å². The van der Waals surface area contributed by atoms with E-state index in [-0.39, 0.29) is 30.6 Å². The van der Waals surface area contributed by atoms with Gasteiger partial charge in [-0.05, 0) is 24.1 Å². The summed E-state index contributed by atoms with van der Waals surface area (Å²) in [6.07, 6.45) is 0.371. The van der Waals surface area contributed by atoms with E-state index in [4.69, 9.17) is 10.2 Å². The van der Waals surface area contributed by atoms with Crippen LogP contribution >= 0.6 is 0 Å². The zero-order chi connectivity index (χ0) is 15.6. The molecule has 1 heterocycles. The third kappa shape index (κ3) is 4.15. The van der Waals surface area contributed by atoms with Crippen molar-refractivity contribution in [2.45, 2.75) is 19.0 Å². The number of rotatable bonds is 5. The van der Waals surface area contributed by atoms with Crippen LogP contribution in [0, 0.1) is 5.82 Å². The van der Waals surface area contributed by atoms with E-state index in [9.17, 15) is 17.6 Å². The van der Waals surface area contributed by atoms with E-state index in [0.29, 0.717) is 12.0 Å². The van der Waals surface area contributed by atoms with Crippen molar-refractivity contribution in [2.24, 2.45) is 0 Å². The Labute approximate surface area is 121 Å². The molecule has 1 aromatic rings. The summed E-state index contributed by atoms with van der Waals surface area (Å²) in [7, 11) is -3.13. The van der Waals surface area contributed by atoms with Crippen molar-refractivity contribution in [3.63, 3.8) is 0 Å². The van der Waals surface area contributed by atoms with Gasteiger partial charge in [-0.3, -0.25) is 9.69 Å². The summed E-state index contributed by atoms with van der Waals surface area (Å²) in [5, 5.41) is 18.1. The summed E-state index contributed by atoms with van der Waals surface area (Å²) in [6, 6.07) is 3.40. The first kappa shape index (κ1) is 15.7. The molecule has 0 aromatic heterocycles. The average Bonchev–Trinajstić information content (AvgIpc) is 2.73. The normalized spacial score (nSPS) is 20.8. The minimum Gasteiger partial charge on any atom is -0.505 e. The lowest BCUT2D eigenvalue weighted by atomic mass is 10.1. The van der Waals surface area contributed by atoms with Crippen LogP contribution < -0.4 is 0 Å². The Hall–Kier alpha value is -1.67. The number of carboxylic acid groups (broad SMARTS) is 1. The summed E-state index contributed by atoms with van der Waals surface area (Å²) in [6.45, 7) is -0.202. The van der Waals surface area contributed by atoms with Crippen LogP contribution in [0.4, 0.5) is 4.39 Å². The second-order valence-corrected chi connectivity index (χ2v) is 7.37. The van der Waals surface area contributed by atoms with Gasteiger partial charge in [0.05, 0.1) is 18.1 Å². The van der Waals surface area contributed by atoms with Crippen molar-refractivity contribution in [1.82, 2.24) is 4.90 Å². The first-order valence-corrected chi connectivity index (χ1v) is 8.22. The number of sulfone groups is 1. The number of phenols is 1. The fourth-order valence-corrected chi connectivity index (χ4v) is 4.20. The Kier molecular flexibility index (Phi) is 4.48. The number of carboxylic acids is 1. The zero-order valence-electron chi connectivity index (χ0n) is 11.2. The molecule has 0 amide bonds. The van der Waals surface area contributed by atoms with Gasteiger partial charge in [-0.15, -0.1) is 0 Å². The van der Waals surface area contributed by atoms with Gasteiger partial charge in [-0.1, -0.05) is 6.07 Å². The van der Waals surface area contributed by atoms with Gasteiger partial charge in [0.25, 0.3) is 0 Å². The Morgan fingerprint density at radius 2 is 2.14 bits per heavy atom. The lowest BCUT2D eigenvalue weighted by molar-refractivity contribution is -0.139. The minimum absolute atomic E-state index is 0.0394. The standard InChI is InChI=1S/C13H16FNO5S/c14-11-5-9(1-2-12(11)16)6-15(7-13(17)18)10-3-4-21(19,20)8-10/h1-2,5,10,16H,3-4,6-8H2,(H,17,18). The van der Waals surface area contributed by atoms with Crippen LogP contribution in [-0.4, -0.2) is 53.6 Å². The molecule has 1 aliphatic heterocycles. The van der Waals surface area contributed by atoms with Crippen LogP contribution in [0.5, 0.6) is 5.75 Å². The Morgan fingerprint density at radius 3 is 2.67 bits per heavy atom. The average molecular weight is 317 g/mol. The Morgan fingerprint density at radius 1 is 1.43 bits per heavy atom. The number of carbonyl (C=O) groups is 1. The van der Waals surface area contributed by atoms with Gasteiger partial charge in [0.15, 0.2) is 21.4 Å². The molecule has 0 saturated carbocycles. The van der Waals surface area contributed by atoms with Crippen LogP contribution in [0.25, 0.3) is 0 Å². The molecule has 0 bridgehead atoms. The number of nitrogens with zero attached hydrogens (tertiary/aromatic N) is 1. The second kappa shape index (κ2) is 5.98. The molecule has 1 fully saturated rings. The molecule has 1 atom stereocenters. The van der Waals surface area contributed by atoms with Crippen LogP contribution in [0.3, 0.4) is 0 Å². The fourth-order valence-electron chi connectivity index (χ4n) is 2.43. The van der Waals surface area contributed by atoms with Crippen molar-refractivity contribution < 1.29 is 27.8 Å². The largest absolute Gasteiger partial charge is 0.505 e. The zero-order valence-corrected chi connectivity index (χ0v) is 12.0. The van der Waals surface area contributed by atoms with Gasteiger partial charge in [0.1, 0.15) is 0 Å². The molecule has 0 aliphatic carbocycles. The number of aliphatic carboxylic acids is 1. The van der Waals surface area contributed by atoms with Crippen molar-refractivity contribution in [1.29, 1.82) is 0 Å². The maximum absolute atomic E-state index is 13.3. The van der Waals surface area contributed by atoms with E-state index in [2.05, 4.69) is 0 Å². The van der Waals surface area contributed by atoms with Gasteiger partial charge in [-0.25, -0.2) is 12.8 Å². The van der Waals surface area contributed by atoms with Gasteiger partial charge < -0.3 is 10.2 Å². The molecule has 6 nitrogen and oxygen atoms in total. The quantitative estimate of drug-likeness (QED) is 0.826. The molecule has 1 saturated heterocycles. The van der Waals surface area contributed by atoms with Crippen molar-refractivity contribution in [2.75, 3.05) is 18.1 Å². The summed E-state index contributed by atoms with van der Waals surface area (Å²) in [5.41, 5.74) is 0.482. The summed E-state index contributed by atoms with van der Waals surface area (Å²) >= 11 is 0. The molecule has 2 rings (SSSR count). The number of aromatic hydroxyl groups is 1. The smallest absolute Gasteiger partial charge is 0.317 e. The number of hydrogen-bond acceptors (Lipinski definition) is 5. The molecule has 0 radical (unpaired) electrons. The predicted molar refractivity (Wildman–Crippen MR) is 73.2 cm³/mol. The van der Waals surface area contributed by atoms with Gasteiger partial charge in [-0.2, -0.15) is 0 Å².